The molecule has 0 bridgehead atoms. The third-order valence-corrected chi connectivity index (χ3v) is 3.99. The van der Waals surface area contributed by atoms with E-state index in [9.17, 15) is 4.79 Å². The first-order valence-electron chi connectivity index (χ1n) is 7.29. The smallest absolute Gasteiger partial charge is 0.202 e. The molecule has 2 rings (SSSR count). The molecule has 112 valence electrons. The van der Waals surface area contributed by atoms with Crippen molar-refractivity contribution in [2.24, 2.45) is 7.05 Å². The van der Waals surface area contributed by atoms with Crippen molar-refractivity contribution >= 4 is 5.78 Å². The Balaban J connectivity index is 2.02. The van der Waals surface area contributed by atoms with Crippen LogP contribution in [0.3, 0.4) is 0 Å². The van der Waals surface area contributed by atoms with E-state index in [2.05, 4.69) is 13.8 Å². The fourth-order valence-electron chi connectivity index (χ4n) is 2.31. The van der Waals surface area contributed by atoms with Crippen LogP contribution in [0.1, 0.15) is 47.1 Å². The van der Waals surface area contributed by atoms with Crippen LogP contribution in [0.4, 0.5) is 0 Å². The standard InChI is InChI=1S/C18H23NO2/c1-12(2)15-6-8-16(9-7-15)21-11-18(20)17-10-13(3)19(5)14(17)4/h6-10,12H,11H2,1-5H3. The highest BCUT2D eigenvalue weighted by Gasteiger charge is 2.14. The maximum atomic E-state index is 12.2. The SMILES string of the molecule is Cc1cc(C(=O)COc2ccc(C(C)C)cc2)c(C)n1C. The normalized spacial score (nSPS) is 11.0. The summed E-state index contributed by atoms with van der Waals surface area (Å²) in [6, 6.07) is 9.85. The van der Waals surface area contributed by atoms with Crippen LogP contribution in [-0.4, -0.2) is 17.0 Å². The molecule has 0 aliphatic rings. The number of ketones is 1. The van der Waals surface area contributed by atoms with E-state index in [4.69, 9.17) is 4.74 Å². The summed E-state index contributed by atoms with van der Waals surface area (Å²) in [7, 11) is 1.97. The van der Waals surface area contributed by atoms with E-state index in [-0.39, 0.29) is 12.4 Å². The Hall–Kier alpha value is -2.03. The molecule has 1 heterocycles. The largest absolute Gasteiger partial charge is 0.485 e. The zero-order valence-electron chi connectivity index (χ0n) is 13.4. The van der Waals surface area contributed by atoms with Crippen LogP contribution in [0.5, 0.6) is 5.75 Å². The van der Waals surface area contributed by atoms with Crippen molar-refractivity contribution in [3.8, 4) is 5.75 Å². The van der Waals surface area contributed by atoms with Gasteiger partial charge in [-0.2, -0.15) is 0 Å². The number of nitrogens with zero attached hydrogens (tertiary/aromatic N) is 1. The van der Waals surface area contributed by atoms with Gasteiger partial charge in [0.05, 0.1) is 0 Å². The van der Waals surface area contributed by atoms with Crippen molar-refractivity contribution in [1.82, 2.24) is 4.57 Å². The van der Waals surface area contributed by atoms with E-state index < -0.39 is 0 Å². The van der Waals surface area contributed by atoms with E-state index in [1.165, 1.54) is 5.56 Å². The minimum Gasteiger partial charge on any atom is -0.485 e. The number of hydrogen-bond donors (Lipinski definition) is 0. The number of carbonyl (C=O) groups excluding carboxylic acids is 1. The van der Waals surface area contributed by atoms with Gasteiger partial charge in [0.15, 0.2) is 6.61 Å². The van der Waals surface area contributed by atoms with Gasteiger partial charge in [0.1, 0.15) is 5.75 Å². The summed E-state index contributed by atoms with van der Waals surface area (Å²) in [5.41, 5.74) is 4.07. The molecule has 3 heteroatoms. The maximum absolute atomic E-state index is 12.2. The number of carbonyl (C=O) groups is 1. The van der Waals surface area contributed by atoms with Gasteiger partial charge < -0.3 is 9.30 Å². The molecule has 1 aromatic carbocycles. The van der Waals surface area contributed by atoms with Crippen LogP contribution in [-0.2, 0) is 7.05 Å². The number of Topliss-reactive ketones (excluding diaryl/α,β-unsaturated/α-hetero) is 1. The van der Waals surface area contributed by atoms with Gasteiger partial charge in [-0.15, -0.1) is 0 Å². The molecule has 0 atom stereocenters. The second-order valence-corrected chi connectivity index (χ2v) is 5.78. The number of benzene rings is 1. The summed E-state index contributed by atoms with van der Waals surface area (Å²) in [6.07, 6.45) is 0. The fraction of sp³-hybridized carbons (Fsp3) is 0.389. The summed E-state index contributed by atoms with van der Waals surface area (Å²) in [6.45, 7) is 8.33. The fourth-order valence-corrected chi connectivity index (χ4v) is 2.31. The van der Waals surface area contributed by atoms with Crippen LogP contribution >= 0.6 is 0 Å². The first-order valence-corrected chi connectivity index (χ1v) is 7.29. The number of aromatic nitrogens is 1. The van der Waals surface area contributed by atoms with Crippen LogP contribution in [0.15, 0.2) is 30.3 Å². The molecule has 0 saturated heterocycles. The highest BCUT2D eigenvalue weighted by atomic mass is 16.5. The predicted molar refractivity (Wildman–Crippen MR) is 85.2 cm³/mol. The Bertz CT molecular complexity index is 636. The predicted octanol–water partition coefficient (Wildman–Crippen LogP) is 4.03. The average Bonchev–Trinajstić information content (AvgIpc) is 2.73. The molecule has 0 radical (unpaired) electrons. The van der Waals surface area contributed by atoms with E-state index in [1.54, 1.807) is 0 Å². The van der Waals surface area contributed by atoms with Crippen molar-refractivity contribution in [3.63, 3.8) is 0 Å². The van der Waals surface area contributed by atoms with Crippen molar-refractivity contribution in [2.45, 2.75) is 33.6 Å². The Kier molecular flexibility index (Phi) is 4.51. The molecule has 0 fully saturated rings. The number of ether oxygens (including phenoxy) is 1. The molecule has 3 nitrogen and oxygen atoms in total. The van der Waals surface area contributed by atoms with Gasteiger partial charge in [0, 0.05) is 24.0 Å². The molecule has 0 saturated carbocycles. The lowest BCUT2D eigenvalue weighted by Gasteiger charge is -2.08. The van der Waals surface area contributed by atoms with Crippen molar-refractivity contribution < 1.29 is 9.53 Å². The Morgan fingerprint density at radius 1 is 1.19 bits per heavy atom. The number of rotatable bonds is 5. The summed E-state index contributed by atoms with van der Waals surface area (Å²) >= 11 is 0. The zero-order valence-corrected chi connectivity index (χ0v) is 13.4. The van der Waals surface area contributed by atoms with Crippen LogP contribution in [0, 0.1) is 13.8 Å². The van der Waals surface area contributed by atoms with Gasteiger partial charge in [-0.25, -0.2) is 0 Å². The molecule has 0 spiro atoms. The highest BCUT2D eigenvalue weighted by Crippen LogP contribution is 2.19. The van der Waals surface area contributed by atoms with Crippen LogP contribution in [0.2, 0.25) is 0 Å². The molecule has 0 aliphatic carbocycles. The summed E-state index contributed by atoms with van der Waals surface area (Å²) in [5.74, 6) is 1.25. The van der Waals surface area contributed by atoms with Gasteiger partial charge >= 0.3 is 0 Å². The van der Waals surface area contributed by atoms with Crippen LogP contribution in [0.25, 0.3) is 0 Å². The van der Waals surface area contributed by atoms with E-state index >= 15 is 0 Å². The molecule has 21 heavy (non-hydrogen) atoms. The lowest BCUT2D eigenvalue weighted by molar-refractivity contribution is 0.0921. The second kappa shape index (κ2) is 6.17. The summed E-state index contributed by atoms with van der Waals surface area (Å²) in [4.78, 5) is 12.2. The molecule has 1 aromatic heterocycles. The summed E-state index contributed by atoms with van der Waals surface area (Å²) in [5, 5.41) is 0. The number of hydrogen-bond acceptors (Lipinski definition) is 2. The van der Waals surface area contributed by atoms with Gasteiger partial charge in [-0.3, -0.25) is 4.79 Å². The molecule has 0 unspecified atom stereocenters. The quantitative estimate of drug-likeness (QED) is 0.777. The lowest BCUT2D eigenvalue weighted by atomic mass is 10.0. The monoisotopic (exact) mass is 285 g/mol. The lowest BCUT2D eigenvalue weighted by Crippen LogP contribution is -2.12. The van der Waals surface area contributed by atoms with Gasteiger partial charge in [-0.1, -0.05) is 26.0 Å². The van der Waals surface area contributed by atoms with Crippen LogP contribution < -0.4 is 4.74 Å². The molecular weight excluding hydrogens is 262 g/mol. The molecule has 2 aromatic rings. The van der Waals surface area contributed by atoms with Gasteiger partial charge in [0.2, 0.25) is 5.78 Å². The number of aryl methyl sites for hydroxylation is 1. The Morgan fingerprint density at radius 3 is 2.29 bits per heavy atom. The molecule has 0 N–H and O–H groups in total. The van der Waals surface area contributed by atoms with E-state index in [0.29, 0.717) is 5.92 Å². The highest BCUT2D eigenvalue weighted by molar-refractivity contribution is 5.98. The Morgan fingerprint density at radius 2 is 1.81 bits per heavy atom. The van der Waals surface area contributed by atoms with E-state index in [0.717, 1.165) is 22.7 Å². The summed E-state index contributed by atoms with van der Waals surface area (Å²) < 4.78 is 7.62. The third kappa shape index (κ3) is 3.35. The zero-order chi connectivity index (χ0) is 15.6. The van der Waals surface area contributed by atoms with Crippen molar-refractivity contribution in [1.29, 1.82) is 0 Å². The molecular formula is C18H23NO2. The minimum atomic E-state index is 0.0177. The molecule has 0 amide bonds. The van der Waals surface area contributed by atoms with Crippen molar-refractivity contribution in [3.05, 3.63) is 52.8 Å². The third-order valence-electron chi connectivity index (χ3n) is 3.99. The average molecular weight is 285 g/mol. The second-order valence-electron chi connectivity index (χ2n) is 5.78. The maximum Gasteiger partial charge on any atom is 0.202 e. The minimum absolute atomic E-state index is 0.0177. The molecule has 0 aliphatic heterocycles. The first-order chi connectivity index (χ1) is 9.90. The van der Waals surface area contributed by atoms with Crippen molar-refractivity contribution in [2.75, 3.05) is 6.61 Å². The Labute approximate surface area is 126 Å². The topological polar surface area (TPSA) is 31.2 Å². The van der Waals surface area contributed by atoms with Gasteiger partial charge in [0.25, 0.3) is 0 Å². The first kappa shape index (κ1) is 15.4. The van der Waals surface area contributed by atoms with E-state index in [1.807, 2.05) is 55.8 Å². The van der Waals surface area contributed by atoms with Gasteiger partial charge in [-0.05, 0) is 43.5 Å².